The van der Waals surface area contributed by atoms with Crippen molar-refractivity contribution in [2.75, 3.05) is 19.7 Å². The summed E-state index contributed by atoms with van der Waals surface area (Å²) in [5.41, 5.74) is 4.50. The summed E-state index contributed by atoms with van der Waals surface area (Å²) in [5, 5.41) is 7.14. The molecule has 0 bridgehead atoms. The lowest BCUT2D eigenvalue weighted by Crippen LogP contribution is -2.38. The van der Waals surface area contributed by atoms with Crippen LogP contribution in [0.25, 0.3) is 0 Å². The van der Waals surface area contributed by atoms with Crippen molar-refractivity contribution >= 4 is 0 Å². The Hall–Kier alpha value is -1.72. The summed E-state index contributed by atoms with van der Waals surface area (Å²) in [7, 11) is 0. The Morgan fingerprint density at radius 3 is 3.09 bits per heavy atom. The van der Waals surface area contributed by atoms with Gasteiger partial charge in [-0.1, -0.05) is 18.2 Å². The van der Waals surface area contributed by atoms with E-state index in [9.17, 15) is 0 Å². The largest absolute Gasteiger partial charge is 0.367 e. The molecule has 5 heteroatoms. The van der Waals surface area contributed by atoms with Gasteiger partial charge in [0.15, 0.2) is 5.82 Å². The minimum absolute atomic E-state index is 0.0203. The van der Waals surface area contributed by atoms with Gasteiger partial charge in [0.2, 0.25) is 0 Å². The van der Waals surface area contributed by atoms with Crippen molar-refractivity contribution in [3.63, 3.8) is 0 Å². The van der Waals surface area contributed by atoms with Gasteiger partial charge in [-0.2, -0.15) is 5.10 Å². The first-order valence-corrected chi connectivity index (χ1v) is 8.11. The average Bonchev–Trinajstić information content (AvgIpc) is 3.16. The minimum Gasteiger partial charge on any atom is -0.367 e. The van der Waals surface area contributed by atoms with Gasteiger partial charge in [-0.25, -0.2) is 4.98 Å². The van der Waals surface area contributed by atoms with Crippen LogP contribution in [0.2, 0.25) is 0 Å². The third-order valence-corrected chi connectivity index (χ3v) is 4.62. The van der Waals surface area contributed by atoms with Gasteiger partial charge in [-0.05, 0) is 42.9 Å². The molecule has 1 saturated heterocycles. The second-order valence-electron chi connectivity index (χ2n) is 6.33. The number of aromatic nitrogens is 3. The third kappa shape index (κ3) is 2.78. The smallest absolute Gasteiger partial charge is 0.180 e. The zero-order chi connectivity index (χ0) is 14.9. The number of ether oxygens (including phenoxy) is 1. The van der Waals surface area contributed by atoms with Gasteiger partial charge in [0.05, 0.1) is 6.61 Å². The zero-order valence-electron chi connectivity index (χ0n) is 13.0. The number of H-pyrrole nitrogens is 1. The fourth-order valence-corrected chi connectivity index (χ4v) is 3.49. The Bertz CT molecular complexity index is 666. The molecule has 1 atom stereocenters. The van der Waals surface area contributed by atoms with Crippen LogP contribution in [0.4, 0.5) is 0 Å². The van der Waals surface area contributed by atoms with Gasteiger partial charge in [0.25, 0.3) is 0 Å². The highest BCUT2D eigenvalue weighted by atomic mass is 16.5. The molecule has 1 fully saturated rings. The minimum atomic E-state index is -0.0203. The molecule has 1 aliphatic heterocycles. The molecule has 1 N–H and O–H groups in total. The lowest BCUT2D eigenvalue weighted by molar-refractivity contribution is -0.0370. The first kappa shape index (κ1) is 13.9. The van der Waals surface area contributed by atoms with Crippen LogP contribution in [-0.4, -0.2) is 39.8 Å². The number of hydrogen-bond donors (Lipinski definition) is 1. The highest BCUT2D eigenvalue weighted by Gasteiger charge is 2.25. The summed E-state index contributed by atoms with van der Waals surface area (Å²) in [4.78, 5) is 6.85. The van der Waals surface area contributed by atoms with E-state index in [1.165, 1.54) is 24.8 Å². The monoisotopic (exact) mass is 298 g/mol. The van der Waals surface area contributed by atoms with Crippen molar-refractivity contribution in [3.05, 3.63) is 46.5 Å². The average molecular weight is 298 g/mol. The molecule has 1 aromatic heterocycles. The van der Waals surface area contributed by atoms with E-state index in [0.29, 0.717) is 0 Å². The molecule has 2 aliphatic rings. The fraction of sp³-hybridized carbons (Fsp3) is 0.529. The van der Waals surface area contributed by atoms with E-state index in [-0.39, 0.29) is 6.10 Å². The number of benzene rings is 1. The summed E-state index contributed by atoms with van der Waals surface area (Å²) in [6.45, 7) is 5.47. The second-order valence-corrected chi connectivity index (χ2v) is 6.33. The van der Waals surface area contributed by atoms with E-state index >= 15 is 0 Å². The Balaban J connectivity index is 1.44. The normalized spacial score (nSPS) is 22.0. The fourth-order valence-electron chi connectivity index (χ4n) is 3.49. The Morgan fingerprint density at radius 2 is 2.23 bits per heavy atom. The molecule has 0 unspecified atom stereocenters. The molecular weight excluding hydrogens is 276 g/mol. The standard InChI is InChI=1S/C17H22N4O/c1-12-18-17(20-19-12)16-11-21(7-8-22-16)10-13-5-6-14-3-2-4-15(14)9-13/h5-6,9,16H,2-4,7-8,10-11H2,1H3,(H,18,19,20)/t16-/m1/s1. The van der Waals surface area contributed by atoms with Crippen LogP contribution in [-0.2, 0) is 24.1 Å². The molecule has 4 rings (SSSR count). The van der Waals surface area contributed by atoms with Crippen molar-refractivity contribution in [2.45, 2.75) is 38.8 Å². The summed E-state index contributed by atoms with van der Waals surface area (Å²) in [5.74, 6) is 1.62. The maximum atomic E-state index is 5.83. The maximum Gasteiger partial charge on any atom is 0.180 e. The molecule has 2 heterocycles. The first-order chi connectivity index (χ1) is 10.8. The van der Waals surface area contributed by atoms with Gasteiger partial charge >= 0.3 is 0 Å². The molecule has 0 radical (unpaired) electrons. The van der Waals surface area contributed by atoms with Gasteiger partial charge in [-0.3, -0.25) is 10.00 Å². The molecule has 0 spiro atoms. The number of fused-ring (bicyclic) bond motifs is 1. The van der Waals surface area contributed by atoms with Crippen LogP contribution in [0.15, 0.2) is 18.2 Å². The van der Waals surface area contributed by atoms with Gasteiger partial charge in [-0.15, -0.1) is 0 Å². The highest BCUT2D eigenvalue weighted by Crippen LogP contribution is 2.25. The van der Waals surface area contributed by atoms with E-state index in [4.69, 9.17) is 4.74 Å². The molecule has 22 heavy (non-hydrogen) atoms. The molecule has 5 nitrogen and oxygen atoms in total. The summed E-state index contributed by atoms with van der Waals surface area (Å²) >= 11 is 0. The van der Waals surface area contributed by atoms with Crippen molar-refractivity contribution in [1.29, 1.82) is 0 Å². The van der Waals surface area contributed by atoms with Gasteiger partial charge < -0.3 is 4.74 Å². The lowest BCUT2D eigenvalue weighted by atomic mass is 10.1. The Labute approximate surface area is 130 Å². The topological polar surface area (TPSA) is 54.0 Å². The van der Waals surface area contributed by atoms with Gasteiger partial charge in [0.1, 0.15) is 11.9 Å². The summed E-state index contributed by atoms with van der Waals surface area (Å²) in [6.07, 6.45) is 3.78. The molecular formula is C17H22N4O. The molecule has 0 saturated carbocycles. The molecule has 1 aromatic carbocycles. The van der Waals surface area contributed by atoms with Crippen LogP contribution in [0.5, 0.6) is 0 Å². The highest BCUT2D eigenvalue weighted by molar-refractivity contribution is 5.35. The summed E-state index contributed by atoms with van der Waals surface area (Å²) < 4.78 is 5.83. The number of hydrogen-bond acceptors (Lipinski definition) is 4. The quantitative estimate of drug-likeness (QED) is 0.943. The molecule has 0 amide bonds. The SMILES string of the molecule is Cc1nc([C@H]2CN(Cc3ccc4c(c3)CCC4)CCO2)n[nH]1. The molecule has 116 valence electrons. The van der Waals surface area contributed by atoms with Crippen LogP contribution >= 0.6 is 0 Å². The van der Waals surface area contributed by atoms with Crippen molar-refractivity contribution in [1.82, 2.24) is 20.1 Å². The van der Waals surface area contributed by atoms with Crippen molar-refractivity contribution in [2.24, 2.45) is 0 Å². The third-order valence-electron chi connectivity index (χ3n) is 4.62. The molecule has 2 aromatic rings. The number of morpholine rings is 1. The number of rotatable bonds is 3. The van der Waals surface area contributed by atoms with Crippen LogP contribution in [0.3, 0.4) is 0 Å². The number of nitrogens with zero attached hydrogens (tertiary/aromatic N) is 3. The first-order valence-electron chi connectivity index (χ1n) is 8.11. The number of nitrogens with one attached hydrogen (secondary N) is 1. The predicted octanol–water partition coefficient (Wildman–Crippen LogP) is 2.18. The van der Waals surface area contributed by atoms with E-state index in [2.05, 4.69) is 38.3 Å². The van der Waals surface area contributed by atoms with Crippen molar-refractivity contribution in [3.8, 4) is 0 Å². The Kier molecular flexibility index (Phi) is 3.68. The van der Waals surface area contributed by atoms with E-state index in [1.54, 1.807) is 11.1 Å². The molecule has 1 aliphatic carbocycles. The number of aromatic amines is 1. The number of aryl methyl sites for hydroxylation is 3. The van der Waals surface area contributed by atoms with E-state index in [1.807, 2.05) is 6.92 Å². The predicted molar refractivity (Wildman–Crippen MR) is 83.6 cm³/mol. The second kappa shape index (κ2) is 5.82. The van der Waals surface area contributed by atoms with Gasteiger partial charge in [0, 0.05) is 19.6 Å². The zero-order valence-corrected chi connectivity index (χ0v) is 13.0. The van der Waals surface area contributed by atoms with Crippen LogP contribution in [0.1, 0.15) is 40.9 Å². The Morgan fingerprint density at radius 1 is 1.32 bits per heavy atom. The summed E-state index contributed by atoms with van der Waals surface area (Å²) in [6, 6.07) is 6.99. The lowest BCUT2D eigenvalue weighted by Gasteiger charge is -2.31. The van der Waals surface area contributed by atoms with Crippen LogP contribution in [0, 0.1) is 6.92 Å². The van der Waals surface area contributed by atoms with E-state index < -0.39 is 0 Å². The van der Waals surface area contributed by atoms with Crippen LogP contribution < -0.4 is 0 Å². The maximum absolute atomic E-state index is 5.83. The van der Waals surface area contributed by atoms with Crippen molar-refractivity contribution < 1.29 is 4.74 Å². The van der Waals surface area contributed by atoms with E-state index in [0.717, 1.165) is 37.9 Å².